The number of carbonyl (C=O) groups excluding carboxylic acids is 1. The molecule has 0 N–H and O–H groups in total. The number of benzene rings is 1. The standard InChI is InChI=1S/C16H22ClNO3/c1-20-16(19)12-18(14-6-2-3-7-14)9-10-21-15-8-4-5-13(17)11-15/h4-5,8,11,14H,2-3,6-7,9-10,12H2,1H3. The molecule has 0 bridgehead atoms. The minimum absolute atomic E-state index is 0.190. The van der Waals surface area contributed by atoms with E-state index in [1.54, 1.807) is 6.07 Å². The lowest BCUT2D eigenvalue weighted by Gasteiger charge is -2.27. The van der Waals surface area contributed by atoms with Crippen LogP contribution in [-0.4, -0.2) is 43.7 Å². The van der Waals surface area contributed by atoms with Gasteiger partial charge in [-0.05, 0) is 31.0 Å². The largest absolute Gasteiger partial charge is 0.492 e. The first-order valence-electron chi connectivity index (χ1n) is 7.38. The Bertz CT molecular complexity index is 461. The quantitative estimate of drug-likeness (QED) is 0.725. The number of ether oxygens (including phenoxy) is 2. The highest BCUT2D eigenvalue weighted by Crippen LogP contribution is 2.23. The first-order chi connectivity index (χ1) is 10.2. The number of carbonyl (C=O) groups is 1. The Hall–Kier alpha value is -1.26. The molecule has 21 heavy (non-hydrogen) atoms. The summed E-state index contributed by atoms with van der Waals surface area (Å²) in [4.78, 5) is 13.7. The smallest absolute Gasteiger partial charge is 0.319 e. The molecule has 0 radical (unpaired) electrons. The van der Waals surface area contributed by atoms with Crippen molar-refractivity contribution in [2.24, 2.45) is 0 Å². The van der Waals surface area contributed by atoms with Crippen LogP contribution in [0.2, 0.25) is 5.02 Å². The van der Waals surface area contributed by atoms with E-state index in [0.717, 1.165) is 18.6 Å². The van der Waals surface area contributed by atoms with E-state index < -0.39 is 0 Å². The number of halogens is 1. The zero-order chi connectivity index (χ0) is 15.1. The van der Waals surface area contributed by atoms with Gasteiger partial charge in [-0.1, -0.05) is 30.5 Å². The molecule has 1 aliphatic carbocycles. The van der Waals surface area contributed by atoms with Crippen molar-refractivity contribution in [3.05, 3.63) is 29.3 Å². The Labute approximate surface area is 131 Å². The highest BCUT2D eigenvalue weighted by Gasteiger charge is 2.24. The maximum absolute atomic E-state index is 11.5. The molecule has 4 nitrogen and oxygen atoms in total. The first-order valence-corrected chi connectivity index (χ1v) is 7.76. The minimum atomic E-state index is -0.190. The molecule has 0 heterocycles. The monoisotopic (exact) mass is 311 g/mol. The normalized spacial score (nSPS) is 15.4. The molecule has 5 heteroatoms. The van der Waals surface area contributed by atoms with Gasteiger partial charge < -0.3 is 9.47 Å². The van der Waals surface area contributed by atoms with Gasteiger partial charge in [0.2, 0.25) is 0 Å². The third-order valence-corrected chi connectivity index (χ3v) is 4.08. The second kappa shape index (κ2) is 8.25. The van der Waals surface area contributed by atoms with Crippen LogP contribution in [0.25, 0.3) is 0 Å². The van der Waals surface area contributed by atoms with Crippen molar-refractivity contribution in [1.29, 1.82) is 0 Å². The summed E-state index contributed by atoms with van der Waals surface area (Å²) in [5.74, 6) is 0.566. The lowest BCUT2D eigenvalue weighted by molar-refractivity contribution is -0.142. The van der Waals surface area contributed by atoms with Crippen LogP contribution in [0.1, 0.15) is 25.7 Å². The highest BCUT2D eigenvalue weighted by molar-refractivity contribution is 6.30. The molecule has 1 aromatic rings. The van der Waals surface area contributed by atoms with Crippen molar-refractivity contribution >= 4 is 17.6 Å². The van der Waals surface area contributed by atoms with Gasteiger partial charge in [0.1, 0.15) is 12.4 Å². The zero-order valence-corrected chi connectivity index (χ0v) is 13.1. The van der Waals surface area contributed by atoms with Crippen molar-refractivity contribution < 1.29 is 14.3 Å². The second-order valence-electron chi connectivity index (χ2n) is 5.29. The summed E-state index contributed by atoms with van der Waals surface area (Å²) in [6.45, 7) is 1.58. The zero-order valence-electron chi connectivity index (χ0n) is 12.4. The second-order valence-corrected chi connectivity index (χ2v) is 5.73. The van der Waals surface area contributed by atoms with Crippen LogP contribution in [0.4, 0.5) is 0 Å². The molecule has 0 amide bonds. The van der Waals surface area contributed by atoms with Gasteiger partial charge in [0, 0.05) is 17.6 Å². The predicted octanol–water partition coefficient (Wildman–Crippen LogP) is 3.14. The van der Waals surface area contributed by atoms with Crippen molar-refractivity contribution in [3.63, 3.8) is 0 Å². The molecular weight excluding hydrogens is 290 g/mol. The molecule has 0 unspecified atom stereocenters. The van der Waals surface area contributed by atoms with Gasteiger partial charge in [0.15, 0.2) is 0 Å². The lowest BCUT2D eigenvalue weighted by atomic mass is 10.2. The summed E-state index contributed by atoms with van der Waals surface area (Å²) in [5, 5.41) is 0.662. The fraction of sp³-hybridized carbons (Fsp3) is 0.562. The molecule has 1 fully saturated rings. The fourth-order valence-electron chi connectivity index (χ4n) is 2.73. The third kappa shape index (κ3) is 5.21. The number of nitrogens with zero attached hydrogens (tertiary/aromatic N) is 1. The molecule has 0 aromatic heterocycles. The van der Waals surface area contributed by atoms with Crippen LogP contribution in [0, 0.1) is 0 Å². The molecule has 2 rings (SSSR count). The molecular formula is C16H22ClNO3. The van der Waals surface area contributed by atoms with E-state index in [1.165, 1.54) is 20.0 Å². The van der Waals surface area contributed by atoms with E-state index in [0.29, 0.717) is 30.8 Å². The average Bonchev–Trinajstić information content (AvgIpc) is 3.00. The molecule has 1 aromatic carbocycles. The van der Waals surface area contributed by atoms with Crippen LogP contribution in [0.15, 0.2) is 24.3 Å². The molecule has 116 valence electrons. The van der Waals surface area contributed by atoms with Gasteiger partial charge in [0.05, 0.1) is 13.7 Å². The fourth-order valence-corrected chi connectivity index (χ4v) is 2.91. The van der Waals surface area contributed by atoms with Gasteiger partial charge in [-0.15, -0.1) is 0 Å². The van der Waals surface area contributed by atoms with E-state index in [9.17, 15) is 4.79 Å². The van der Waals surface area contributed by atoms with Crippen molar-refractivity contribution in [2.45, 2.75) is 31.7 Å². The Kier molecular flexibility index (Phi) is 6.33. The van der Waals surface area contributed by atoms with Crippen molar-refractivity contribution in [3.8, 4) is 5.75 Å². The van der Waals surface area contributed by atoms with Gasteiger partial charge in [-0.3, -0.25) is 9.69 Å². The summed E-state index contributed by atoms with van der Waals surface area (Å²) in [5.41, 5.74) is 0. The predicted molar refractivity (Wildman–Crippen MR) is 82.8 cm³/mol. The number of hydrogen-bond donors (Lipinski definition) is 0. The topological polar surface area (TPSA) is 38.8 Å². The lowest BCUT2D eigenvalue weighted by Crippen LogP contribution is -2.40. The van der Waals surface area contributed by atoms with Crippen molar-refractivity contribution in [1.82, 2.24) is 4.90 Å². The van der Waals surface area contributed by atoms with Gasteiger partial charge in [-0.25, -0.2) is 0 Å². The summed E-state index contributed by atoms with van der Waals surface area (Å²) in [6, 6.07) is 7.82. The van der Waals surface area contributed by atoms with Crippen LogP contribution in [0.3, 0.4) is 0 Å². The van der Waals surface area contributed by atoms with E-state index in [4.69, 9.17) is 21.1 Å². The molecule has 0 aliphatic heterocycles. The van der Waals surface area contributed by atoms with Crippen LogP contribution in [0.5, 0.6) is 5.75 Å². The average molecular weight is 312 g/mol. The molecule has 1 saturated carbocycles. The van der Waals surface area contributed by atoms with Crippen LogP contribution in [-0.2, 0) is 9.53 Å². The van der Waals surface area contributed by atoms with Crippen molar-refractivity contribution in [2.75, 3.05) is 26.8 Å². The summed E-state index contributed by atoms with van der Waals surface area (Å²) < 4.78 is 10.5. The third-order valence-electron chi connectivity index (χ3n) is 3.84. The number of methoxy groups -OCH3 is 1. The maximum atomic E-state index is 11.5. The SMILES string of the molecule is COC(=O)CN(CCOc1cccc(Cl)c1)C1CCCC1. The molecule has 0 atom stereocenters. The summed E-state index contributed by atoms with van der Waals surface area (Å²) >= 11 is 5.93. The van der Waals surface area contributed by atoms with Gasteiger partial charge in [-0.2, -0.15) is 0 Å². The minimum Gasteiger partial charge on any atom is -0.492 e. The van der Waals surface area contributed by atoms with E-state index in [1.807, 2.05) is 18.2 Å². The molecule has 0 spiro atoms. The first kappa shape index (κ1) is 16.1. The van der Waals surface area contributed by atoms with E-state index >= 15 is 0 Å². The molecule has 0 saturated heterocycles. The number of esters is 1. The molecule has 1 aliphatic rings. The van der Waals surface area contributed by atoms with Gasteiger partial charge in [0.25, 0.3) is 0 Å². The Morgan fingerprint density at radius 3 is 2.81 bits per heavy atom. The van der Waals surface area contributed by atoms with Gasteiger partial charge >= 0.3 is 5.97 Å². The Morgan fingerprint density at radius 2 is 2.14 bits per heavy atom. The van der Waals surface area contributed by atoms with Crippen LogP contribution >= 0.6 is 11.6 Å². The number of rotatable bonds is 7. The number of hydrogen-bond acceptors (Lipinski definition) is 4. The highest BCUT2D eigenvalue weighted by atomic mass is 35.5. The summed E-state index contributed by atoms with van der Waals surface area (Å²) in [6.07, 6.45) is 4.76. The Balaban J connectivity index is 1.84. The van der Waals surface area contributed by atoms with E-state index in [2.05, 4.69) is 4.90 Å². The van der Waals surface area contributed by atoms with E-state index in [-0.39, 0.29) is 5.97 Å². The summed E-state index contributed by atoms with van der Waals surface area (Å²) in [7, 11) is 1.43. The Morgan fingerprint density at radius 1 is 1.38 bits per heavy atom. The van der Waals surface area contributed by atoms with Crippen LogP contribution < -0.4 is 4.74 Å². The maximum Gasteiger partial charge on any atom is 0.319 e.